The van der Waals surface area contributed by atoms with E-state index < -0.39 is 0 Å². The maximum Gasteiger partial charge on any atom is 0.0705 e. The molecule has 0 saturated heterocycles. The van der Waals surface area contributed by atoms with Crippen LogP contribution in [-0.4, -0.2) is 4.98 Å². The van der Waals surface area contributed by atoms with E-state index in [0.717, 1.165) is 5.52 Å². The molecular weight excluding hydrogens is 206 g/mol. The Hall–Kier alpha value is -2.15. The van der Waals surface area contributed by atoms with Crippen LogP contribution in [0, 0.1) is 6.92 Å². The van der Waals surface area contributed by atoms with E-state index >= 15 is 0 Å². The molecule has 0 aliphatic carbocycles. The van der Waals surface area contributed by atoms with Crippen LogP contribution in [0.2, 0.25) is 0 Å². The van der Waals surface area contributed by atoms with E-state index in [0.29, 0.717) is 0 Å². The quantitative estimate of drug-likeness (QED) is 0.597. The largest absolute Gasteiger partial charge is 0.256 e. The summed E-state index contributed by atoms with van der Waals surface area (Å²) in [5.41, 5.74) is 4.82. The van der Waals surface area contributed by atoms with Crippen molar-refractivity contribution in [2.45, 2.75) is 6.92 Å². The van der Waals surface area contributed by atoms with Gasteiger partial charge in [-0.15, -0.1) is 0 Å². The molecule has 17 heavy (non-hydrogen) atoms. The molecule has 0 amide bonds. The van der Waals surface area contributed by atoms with Gasteiger partial charge in [0.2, 0.25) is 0 Å². The van der Waals surface area contributed by atoms with Crippen LogP contribution >= 0.6 is 0 Å². The molecule has 0 radical (unpaired) electrons. The number of aryl methyl sites for hydroxylation is 1. The molecule has 0 unspecified atom stereocenters. The molecule has 1 aromatic heterocycles. The highest BCUT2D eigenvalue weighted by molar-refractivity contribution is 5.86. The average Bonchev–Trinajstić information content (AvgIpc) is 2.40. The van der Waals surface area contributed by atoms with Gasteiger partial charge in [0.25, 0.3) is 0 Å². The Morgan fingerprint density at radius 2 is 1.65 bits per heavy atom. The zero-order valence-corrected chi connectivity index (χ0v) is 9.72. The summed E-state index contributed by atoms with van der Waals surface area (Å²) in [7, 11) is 0. The third-order valence-corrected chi connectivity index (χ3v) is 3.07. The van der Waals surface area contributed by atoms with Gasteiger partial charge in [0.05, 0.1) is 5.52 Å². The molecule has 0 fully saturated rings. The summed E-state index contributed by atoms with van der Waals surface area (Å²) in [5, 5.41) is 1.23. The second-order valence-electron chi connectivity index (χ2n) is 4.23. The topological polar surface area (TPSA) is 12.9 Å². The maximum atomic E-state index is 4.38. The lowest BCUT2D eigenvalue weighted by Crippen LogP contribution is -1.84. The lowest BCUT2D eigenvalue weighted by Gasteiger charge is -2.05. The van der Waals surface area contributed by atoms with E-state index in [2.05, 4.69) is 60.4 Å². The molecule has 0 aliphatic heterocycles. The summed E-state index contributed by atoms with van der Waals surface area (Å²) in [6.45, 7) is 2.12. The minimum Gasteiger partial charge on any atom is -0.256 e. The Balaban J connectivity index is 2.23. The fourth-order valence-electron chi connectivity index (χ4n) is 2.09. The number of nitrogens with zero attached hydrogens (tertiary/aromatic N) is 1. The standard InChI is InChI=1S/C16H13N/c1-12-9-10-17-16-8-7-14(11-15(12)16)13-5-3-2-4-6-13/h2-11H,1H3. The Morgan fingerprint density at radius 3 is 2.47 bits per heavy atom. The number of pyridine rings is 1. The van der Waals surface area contributed by atoms with Gasteiger partial charge in [-0.3, -0.25) is 4.98 Å². The predicted octanol–water partition coefficient (Wildman–Crippen LogP) is 4.21. The Kier molecular flexibility index (Phi) is 2.37. The van der Waals surface area contributed by atoms with Crippen molar-refractivity contribution in [1.29, 1.82) is 0 Å². The molecule has 3 aromatic rings. The molecule has 0 bridgehead atoms. The van der Waals surface area contributed by atoms with Crippen molar-refractivity contribution < 1.29 is 0 Å². The molecule has 1 nitrogen and oxygen atoms in total. The van der Waals surface area contributed by atoms with Gasteiger partial charge in [0.15, 0.2) is 0 Å². The van der Waals surface area contributed by atoms with E-state index in [1.807, 2.05) is 12.3 Å². The van der Waals surface area contributed by atoms with E-state index in [1.165, 1.54) is 22.1 Å². The van der Waals surface area contributed by atoms with Gasteiger partial charge >= 0.3 is 0 Å². The smallest absolute Gasteiger partial charge is 0.0705 e. The number of benzene rings is 2. The highest BCUT2D eigenvalue weighted by atomic mass is 14.6. The predicted molar refractivity (Wildman–Crippen MR) is 71.9 cm³/mol. The normalized spacial score (nSPS) is 10.6. The second kappa shape index (κ2) is 4.02. The highest BCUT2D eigenvalue weighted by Crippen LogP contribution is 2.24. The van der Waals surface area contributed by atoms with Crippen molar-refractivity contribution >= 4 is 10.9 Å². The third kappa shape index (κ3) is 1.80. The minimum atomic E-state index is 1.06. The lowest BCUT2D eigenvalue weighted by molar-refractivity contribution is 1.37. The van der Waals surface area contributed by atoms with Crippen LogP contribution in [-0.2, 0) is 0 Å². The molecule has 0 atom stereocenters. The molecule has 3 rings (SSSR count). The molecule has 1 heteroatoms. The fourth-order valence-corrected chi connectivity index (χ4v) is 2.09. The van der Waals surface area contributed by atoms with Crippen molar-refractivity contribution in [3.63, 3.8) is 0 Å². The lowest BCUT2D eigenvalue weighted by atomic mass is 10.0. The van der Waals surface area contributed by atoms with Crippen LogP contribution in [0.25, 0.3) is 22.0 Å². The summed E-state index contributed by atoms with van der Waals surface area (Å²) >= 11 is 0. The third-order valence-electron chi connectivity index (χ3n) is 3.07. The second-order valence-corrected chi connectivity index (χ2v) is 4.23. The summed E-state index contributed by atoms with van der Waals surface area (Å²) < 4.78 is 0. The van der Waals surface area contributed by atoms with Gasteiger partial charge in [0, 0.05) is 11.6 Å². The van der Waals surface area contributed by atoms with Gasteiger partial charge in [-0.2, -0.15) is 0 Å². The van der Waals surface area contributed by atoms with E-state index in [9.17, 15) is 0 Å². The van der Waals surface area contributed by atoms with Crippen molar-refractivity contribution in [3.8, 4) is 11.1 Å². The first kappa shape index (κ1) is 10.0. The van der Waals surface area contributed by atoms with Crippen LogP contribution in [0.3, 0.4) is 0 Å². The molecule has 0 spiro atoms. The van der Waals surface area contributed by atoms with Crippen LogP contribution in [0.5, 0.6) is 0 Å². The molecule has 0 saturated carbocycles. The van der Waals surface area contributed by atoms with Gasteiger partial charge in [0.1, 0.15) is 0 Å². The molecule has 0 N–H and O–H groups in total. The van der Waals surface area contributed by atoms with Gasteiger partial charge < -0.3 is 0 Å². The van der Waals surface area contributed by atoms with Gasteiger partial charge in [-0.1, -0.05) is 36.4 Å². The maximum absolute atomic E-state index is 4.38. The fraction of sp³-hybridized carbons (Fsp3) is 0.0625. The highest BCUT2D eigenvalue weighted by Gasteiger charge is 2.01. The summed E-state index contributed by atoms with van der Waals surface area (Å²) in [6, 6.07) is 18.9. The van der Waals surface area contributed by atoms with Crippen molar-refractivity contribution in [3.05, 3.63) is 66.4 Å². The molecule has 0 aliphatic rings. The number of hydrogen-bond acceptors (Lipinski definition) is 1. The SMILES string of the molecule is Cc1ccnc2ccc(-c3ccccc3)cc12. The molecule has 1 heterocycles. The summed E-state index contributed by atoms with van der Waals surface area (Å²) in [5.74, 6) is 0. The van der Waals surface area contributed by atoms with Crippen LogP contribution in [0.1, 0.15) is 5.56 Å². The van der Waals surface area contributed by atoms with E-state index in [1.54, 1.807) is 0 Å². The van der Waals surface area contributed by atoms with Gasteiger partial charge in [-0.05, 0) is 41.8 Å². The first-order chi connectivity index (χ1) is 8.34. The number of rotatable bonds is 1. The number of hydrogen-bond donors (Lipinski definition) is 0. The summed E-state index contributed by atoms with van der Waals surface area (Å²) in [6.07, 6.45) is 1.86. The van der Waals surface area contributed by atoms with Crippen molar-refractivity contribution in [2.24, 2.45) is 0 Å². The monoisotopic (exact) mass is 219 g/mol. The van der Waals surface area contributed by atoms with E-state index in [4.69, 9.17) is 0 Å². The van der Waals surface area contributed by atoms with Gasteiger partial charge in [-0.25, -0.2) is 0 Å². The van der Waals surface area contributed by atoms with Crippen molar-refractivity contribution in [1.82, 2.24) is 4.98 Å². The van der Waals surface area contributed by atoms with Crippen LogP contribution in [0.15, 0.2) is 60.8 Å². The van der Waals surface area contributed by atoms with Crippen LogP contribution < -0.4 is 0 Å². The minimum absolute atomic E-state index is 1.06. The van der Waals surface area contributed by atoms with Crippen molar-refractivity contribution in [2.75, 3.05) is 0 Å². The zero-order valence-electron chi connectivity index (χ0n) is 9.72. The number of fused-ring (bicyclic) bond motifs is 1. The Bertz CT molecular complexity index is 657. The summed E-state index contributed by atoms with van der Waals surface area (Å²) in [4.78, 5) is 4.38. The number of aromatic nitrogens is 1. The molecule has 82 valence electrons. The first-order valence-corrected chi connectivity index (χ1v) is 5.75. The zero-order chi connectivity index (χ0) is 11.7. The molecular formula is C16H13N. The van der Waals surface area contributed by atoms with E-state index in [-0.39, 0.29) is 0 Å². The Labute approximate surface area is 101 Å². The average molecular weight is 219 g/mol. The van der Waals surface area contributed by atoms with Crippen LogP contribution in [0.4, 0.5) is 0 Å². The first-order valence-electron chi connectivity index (χ1n) is 5.75. The molecule has 2 aromatic carbocycles. The Morgan fingerprint density at radius 1 is 0.824 bits per heavy atom.